The number of ether oxygens (including phenoxy) is 3. The van der Waals surface area contributed by atoms with Gasteiger partial charge >= 0.3 is 0 Å². The molecule has 8 heteroatoms. The van der Waals surface area contributed by atoms with Crippen LogP contribution >= 0.6 is 0 Å². The fraction of sp³-hybridized carbons (Fsp3) is 0.455. The molecule has 0 radical (unpaired) electrons. The lowest BCUT2D eigenvalue weighted by Crippen LogP contribution is -2.49. The Hall–Kier alpha value is -2.45. The average molecular weight is 433 g/mol. The van der Waals surface area contributed by atoms with Gasteiger partial charge in [-0.15, -0.1) is 0 Å². The molecule has 2 heterocycles. The molecule has 0 N–H and O–H groups in total. The highest BCUT2D eigenvalue weighted by Gasteiger charge is 2.27. The van der Waals surface area contributed by atoms with Crippen LogP contribution < -0.4 is 19.1 Å². The summed E-state index contributed by atoms with van der Waals surface area (Å²) in [4.78, 5) is 2.27. The van der Waals surface area contributed by atoms with Gasteiger partial charge in [-0.05, 0) is 49.6 Å². The molecular weight excluding hydrogens is 404 g/mol. The first kappa shape index (κ1) is 20.8. The van der Waals surface area contributed by atoms with Crippen LogP contribution in [0.2, 0.25) is 0 Å². The molecule has 0 unspecified atom stereocenters. The Morgan fingerprint density at radius 1 is 0.967 bits per heavy atom. The number of piperazine rings is 1. The number of rotatable bonds is 7. The number of anilines is 1. The van der Waals surface area contributed by atoms with Crippen LogP contribution in [0, 0.1) is 13.8 Å². The van der Waals surface area contributed by atoms with Crippen molar-refractivity contribution in [1.29, 1.82) is 0 Å². The summed E-state index contributed by atoms with van der Waals surface area (Å²) in [6.45, 7) is 7.16. The van der Waals surface area contributed by atoms with Crippen LogP contribution in [0.1, 0.15) is 17.5 Å². The van der Waals surface area contributed by atoms with Crippen molar-refractivity contribution in [2.45, 2.75) is 20.3 Å². The Morgan fingerprint density at radius 3 is 2.53 bits per heavy atom. The normalized spacial score (nSPS) is 16.7. The van der Waals surface area contributed by atoms with Crippen LogP contribution in [0.15, 0.2) is 36.4 Å². The van der Waals surface area contributed by atoms with Gasteiger partial charge in [-0.25, -0.2) is 8.42 Å². The minimum Gasteiger partial charge on any atom is -0.493 e. The Morgan fingerprint density at radius 2 is 1.73 bits per heavy atom. The van der Waals surface area contributed by atoms with Crippen molar-refractivity contribution in [1.82, 2.24) is 4.31 Å². The summed E-state index contributed by atoms with van der Waals surface area (Å²) in [5.74, 6) is 2.09. The summed E-state index contributed by atoms with van der Waals surface area (Å²) in [6, 6.07) is 11.8. The van der Waals surface area contributed by atoms with Gasteiger partial charge in [-0.2, -0.15) is 4.31 Å². The maximum absolute atomic E-state index is 12.7. The molecule has 7 nitrogen and oxygen atoms in total. The molecule has 0 aromatic heterocycles. The lowest BCUT2D eigenvalue weighted by molar-refractivity contribution is 0.173. The van der Waals surface area contributed by atoms with Gasteiger partial charge < -0.3 is 19.1 Å². The van der Waals surface area contributed by atoms with E-state index in [9.17, 15) is 8.42 Å². The molecule has 2 aliphatic heterocycles. The number of hydrogen-bond donors (Lipinski definition) is 0. The van der Waals surface area contributed by atoms with E-state index >= 15 is 0 Å². The molecule has 162 valence electrons. The Labute approximate surface area is 178 Å². The van der Waals surface area contributed by atoms with Crippen molar-refractivity contribution in [3.8, 4) is 17.2 Å². The predicted octanol–water partition coefficient (Wildman–Crippen LogP) is 2.95. The molecule has 0 aliphatic carbocycles. The van der Waals surface area contributed by atoms with Gasteiger partial charge in [-0.3, -0.25) is 0 Å². The fourth-order valence-electron chi connectivity index (χ4n) is 3.79. The van der Waals surface area contributed by atoms with E-state index in [-0.39, 0.29) is 12.5 Å². The molecule has 0 atom stereocenters. The highest BCUT2D eigenvalue weighted by molar-refractivity contribution is 7.89. The summed E-state index contributed by atoms with van der Waals surface area (Å²) in [6.07, 6.45) is 0.438. The van der Waals surface area contributed by atoms with E-state index < -0.39 is 10.0 Å². The third kappa shape index (κ3) is 4.65. The number of benzene rings is 2. The van der Waals surface area contributed by atoms with Gasteiger partial charge in [0.05, 0.1) is 12.4 Å². The van der Waals surface area contributed by atoms with E-state index in [0.717, 1.165) is 0 Å². The van der Waals surface area contributed by atoms with E-state index in [4.69, 9.17) is 14.2 Å². The quantitative estimate of drug-likeness (QED) is 0.627. The first-order valence-corrected chi connectivity index (χ1v) is 11.9. The monoisotopic (exact) mass is 432 g/mol. The average Bonchev–Trinajstić information content (AvgIpc) is 3.21. The van der Waals surface area contributed by atoms with Gasteiger partial charge in [0.1, 0.15) is 5.75 Å². The van der Waals surface area contributed by atoms with Crippen LogP contribution in [0.5, 0.6) is 17.2 Å². The summed E-state index contributed by atoms with van der Waals surface area (Å²) < 4.78 is 43.4. The van der Waals surface area contributed by atoms with E-state index in [2.05, 4.69) is 36.9 Å². The van der Waals surface area contributed by atoms with Crippen molar-refractivity contribution in [2.75, 3.05) is 50.2 Å². The molecule has 2 aromatic rings. The molecule has 30 heavy (non-hydrogen) atoms. The SMILES string of the molecule is Cc1ccc(C)c(N2CCN(S(=O)(=O)CCCOc3ccc4c(c3)OCO4)CC2)c1. The van der Waals surface area contributed by atoms with E-state index in [1.807, 2.05) is 0 Å². The van der Waals surface area contributed by atoms with Crippen molar-refractivity contribution >= 4 is 15.7 Å². The standard InChI is InChI=1S/C22H28N2O5S/c1-17-4-5-18(2)20(14-17)23-8-10-24(11-9-23)30(25,26)13-3-12-27-19-6-7-21-22(15-19)29-16-28-21/h4-7,14-15H,3,8-13,16H2,1-2H3. The Bertz CT molecular complexity index is 1000. The van der Waals surface area contributed by atoms with Crippen molar-refractivity contribution in [2.24, 2.45) is 0 Å². The third-order valence-electron chi connectivity index (χ3n) is 5.50. The Kier molecular flexibility index (Phi) is 6.06. The maximum atomic E-state index is 12.7. The molecule has 0 amide bonds. The van der Waals surface area contributed by atoms with Crippen LogP contribution in [-0.2, 0) is 10.0 Å². The van der Waals surface area contributed by atoms with Crippen LogP contribution in [-0.4, -0.2) is 58.1 Å². The second-order valence-electron chi connectivity index (χ2n) is 7.71. The molecule has 1 fully saturated rings. The zero-order valence-electron chi connectivity index (χ0n) is 17.5. The molecule has 4 rings (SSSR count). The number of hydrogen-bond acceptors (Lipinski definition) is 6. The van der Waals surface area contributed by atoms with Gasteiger partial charge in [0.2, 0.25) is 16.8 Å². The van der Waals surface area contributed by atoms with Gasteiger partial charge in [-0.1, -0.05) is 12.1 Å². The number of aryl methyl sites for hydroxylation is 2. The first-order chi connectivity index (χ1) is 14.4. The van der Waals surface area contributed by atoms with E-state index in [1.165, 1.54) is 16.8 Å². The lowest BCUT2D eigenvalue weighted by atomic mass is 10.1. The highest BCUT2D eigenvalue weighted by Crippen LogP contribution is 2.35. The largest absolute Gasteiger partial charge is 0.493 e. The molecule has 0 spiro atoms. The summed E-state index contributed by atoms with van der Waals surface area (Å²) >= 11 is 0. The van der Waals surface area contributed by atoms with Crippen molar-refractivity contribution in [3.63, 3.8) is 0 Å². The third-order valence-corrected chi connectivity index (χ3v) is 7.45. The summed E-state index contributed by atoms with van der Waals surface area (Å²) in [5.41, 5.74) is 3.63. The molecule has 1 saturated heterocycles. The summed E-state index contributed by atoms with van der Waals surface area (Å²) in [5, 5.41) is 0. The van der Waals surface area contributed by atoms with Crippen LogP contribution in [0.3, 0.4) is 0 Å². The zero-order valence-corrected chi connectivity index (χ0v) is 18.3. The van der Waals surface area contributed by atoms with Gasteiger partial charge in [0, 0.05) is 37.9 Å². The highest BCUT2D eigenvalue weighted by atomic mass is 32.2. The Balaban J connectivity index is 1.25. The van der Waals surface area contributed by atoms with Crippen LogP contribution in [0.4, 0.5) is 5.69 Å². The molecule has 2 aliphatic rings. The van der Waals surface area contributed by atoms with E-state index in [0.29, 0.717) is 56.5 Å². The summed E-state index contributed by atoms with van der Waals surface area (Å²) in [7, 11) is -3.29. The lowest BCUT2D eigenvalue weighted by Gasteiger charge is -2.36. The smallest absolute Gasteiger partial charge is 0.231 e. The minimum atomic E-state index is -3.29. The second kappa shape index (κ2) is 8.73. The van der Waals surface area contributed by atoms with Crippen LogP contribution in [0.25, 0.3) is 0 Å². The number of fused-ring (bicyclic) bond motifs is 1. The van der Waals surface area contributed by atoms with Crippen molar-refractivity contribution < 1.29 is 22.6 Å². The second-order valence-corrected chi connectivity index (χ2v) is 9.80. The van der Waals surface area contributed by atoms with E-state index in [1.54, 1.807) is 22.5 Å². The number of sulfonamides is 1. The molecule has 0 bridgehead atoms. The maximum Gasteiger partial charge on any atom is 0.231 e. The zero-order chi connectivity index (χ0) is 21.1. The van der Waals surface area contributed by atoms with Crippen molar-refractivity contribution in [3.05, 3.63) is 47.5 Å². The molecule has 2 aromatic carbocycles. The fourth-order valence-corrected chi connectivity index (χ4v) is 5.25. The minimum absolute atomic E-state index is 0.0843. The molecular formula is C22H28N2O5S. The number of nitrogens with zero attached hydrogens (tertiary/aromatic N) is 2. The molecule has 0 saturated carbocycles. The predicted molar refractivity (Wildman–Crippen MR) is 116 cm³/mol. The van der Waals surface area contributed by atoms with Gasteiger partial charge in [0.15, 0.2) is 11.5 Å². The van der Waals surface area contributed by atoms with Gasteiger partial charge in [0.25, 0.3) is 0 Å². The first-order valence-electron chi connectivity index (χ1n) is 10.2. The topological polar surface area (TPSA) is 68.3 Å².